The molecule has 0 unspecified atom stereocenters. The molecule has 0 radical (unpaired) electrons. The van der Waals surface area contributed by atoms with E-state index in [9.17, 15) is 4.79 Å². The van der Waals surface area contributed by atoms with Gasteiger partial charge in [-0.15, -0.1) is 0 Å². The maximum atomic E-state index is 12.0. The van der Waals surface area contributed by atoms with Crippen molar-refractivity contribution in [3.63, 3.8) is 0 Å². The van der Waals surface area contributed by atoms with Gasteiger partial charge in [-0.1, -0.05) is 24.9 Å². The number of carbonyl (C=O) groups excluding carboxylic acids is 1. The van der Waals surface area contributed by atoms with Crippen molar-refractivity contribution < 1.29 is 14.3 Å². The molecule has 1 rings (SSSR count). The highest BCUT2D eigenvalue weighted by Crippen LogP contribution is 2.36. The van der Waals surface area contributed by atoms with Crippen molar-refractivity contribution in [1.29, 1.82) is 0 Å². The van der Waals surface area contributed by atoms with E-state index in [1.54, 1.807) is 0 Å². The van der Waals surface area contributed by atoms with E-state index < -0.39 is 0 Å². The lowest BCUT2D eigenvalue weighted by atomic mass is 10.1. The molecule has 0 aliphatic heterocycles. The summed E-state index contributed by atoms with van der Waals surface area (Å²) in [5, 5.41) is 6.68. The lowest BCUT2D eigenvalue weighted by molar-refractivity contribution is -0.124. The van der Waals surface area contributed by atoms with Crippen molar-refractivity contribution in [2.24, 2.45) is 0 Å². The quantitative estimate of drug-likeness (QED) is 0.613. The van der Waals surface area contributed by atoms with Crippen LogP contribution in [0, 0.1) is 0 Å². The van der Waals surface area contributed by atoms with Crippen LogP contribution in [-0.4, -0.2) is 31.2 Å². The van der Waals surface area contributed by atoms with E-state index in [0.29, 0.717) is 29.7 Å². The van der Waals surface area contributed by atoms with Crippen LogP contribution in [0.4, 0.5) is 0 Å². The summed E-state index contributed by atoms with van der Waals surface area (Å²) >= 11 is 6.36. The summed E-state index contributed by atoms with van der Waals surface area (Å²) in [7, 11) is 0. The molecule has 0 atom stereocenters. The smallest absolute Gasteiger partial charge is 0.258 e. The zero-order valence-corrected chi connectivity index (χ0v) is 16.8. The predicted octanol–water partition coefficient (Wildman–Crippen LogP) is 3.92. The molecule has 5 nitrogen and oxygen atoms in total. The first-order chi connectivity index (χ1) is 11.8. The van der Waals surface area contributed by atoms with Crippen LogP contribution >= 0.6 is 11.6 Å². The Morgan fingerprint density at radius 2 is 1.92 bits per heavy atom. The molecular weight excluding hydrogens is 340 g/mol. The molecule has 0 saturated carbocycles. The molecule has 25 heavy (non-hydrogen) atoms. The Morgan fingerprint density at radius 1 is 1.20 bits per heavy atom. The Bertz CT molecular complexity index is 556. The Morgan fingerprint density at radius 3 is 2.52 bits per heavy atom. The van der Waals surface area contributed by atoms with Crippen molar-refractivity contribution >= 4 is 17.5 Å². The molecule has 1 amide bonds. The van der Waals surface area contributed by atoms with Crippen LogP contribution in [0.15, 0.2) is 12.1 Å². The highest BCUT2D eigenvalue weighted by molar-refractivity contribution is 6.32. The van der Waals surface area contributed by atoms with Gasteiger partial charge in [0.05, 0.1) is 11.6 Å². The van der Waals surface area contributed by atoms with Gasteiger partial charge in [0.25, 0.3) is 5.91 Å². The molecule has 0 aliphatic rings. The summed E-state index contributed by atoms with van der Waals surface area (Å²) in [6.07, 6.45) is 2.29. The highest BCUT2D eigenvalue weighted by Gasteiger charge is 2.17. The van der Waals surface area contributed by atoms with Crippen LogP contribution in [0.2, 0.25) is 5.02 Å². The van der Waals surface area contributed by atoms with Crippen molar-refractivity contribution in [2.75, 3.05) is 19.8 Å². The monoisotopic (exact) mass is 370 g/mol. The summed E-state index contributed by atoms with van der Waals surface area (Å²) in [5.74, 6) is 0.770. The third kappa shape index (κ3) is 8.45. The normalized spacial score (nSPS) is 11.3. The van der Waals surface area contributed by atoms with Gasteiger partial charge in [-0.25, -0.2) is 0 Å². The van der Waals surface area contributed by atoms with Gasteiger partial charge in [0, 0.05) is 12.1 Å². The Labute approximate surface area is 156 Å². The Kier molecular flexibility index (Phi) is 9.08. The Balaban J connectivity index is 2.78. The van der Waals surface area contributed by atoms with Crippen LogP contribution in [0.5, 0.6) is 11.5 Å². The lowest BCUT2D eigenvalue weighted by Gasteiger charge is -2.21. The van der Waals surface area contributed by atoms with Crippen LogP contribution < -0.4 is 20.1 Å². The molecule has 0 bridgehead atoms. The van der Waals surface area contributed by atoms with Gasteiger partial charge in [0.2, 0.25) is 0 Å². The van der Waals surface area contributed by atoms with Gasteiger partial charge < -0.3 is 20.1 Å². The van der Waals surface area contributed by atoms with Gasteiger partial charge in [0.15, 0.2) is 18.1 Å². The predicted molar refractivity (Wildman–Crippen MR) is 103 cm³/mol. The van der Waals surface area contributed by atoms with Crippen LogP contribution in [-0.2, 0) is 11.3 Å². The number of unbranched alkanes of at least 4 members (excludes halogenated alkanes) is 1. The molecule has 0 fully saturated rings. The topological polar surface area (TPSA) is 59.6 Å². The van der Waals surface area contributed by atoms with E-state index in [2.05, 4.69) is 17.6 Å². The van der Waals surface area contributed by atoms with Crippen molar-refractivity contribution in [2.45, 2.75) is 59.5 Å². The number of hydrogen-bond acceptors (Lipinski definition) is 4. The van der Waals surface area contributed by atoms with Crippen molar-refractivity contribution in [3.05, 3.63) is 22.7 Å². The second-order valence-electron chi connectivity index (χ2n) is 6.96. The van der Waals surface area contributed by atoms with Gasteiger partial charge in [-0.05, 0) is 58.4 Å². The fourth-order valence-corrected chi connectivity index (χ4v) is 2.54. The third-order valence-corrected chi connectivity index (χ3v) is 3.55. The number of rotatable bonds is 10. The second-order valence-corrected chi connectivity index (χ2v) is 7.36. The van der Waals surface area contributed by atoms with Gasteiger partial charge >= 0.3 is 0 Å². The minimum atomic E-state index is -0.305. The van der Waals surface area contributed by atoms with Crippen molar-refractivity contribution in [1.82, 2.24) is 10.6 Å². The average Bonchev–Trinajstić information content (AvgIpc) is 2.49. The van der Waals surface area contributed by atoms with Gasteiger partial charge in [0.1, 0.15) is 0 Å². The van der Waals surface area contributed by atoms with Crippen molar-refractivity contribution in [3.8, 4) is 11.5 Å². The molecule has 142 valence electrons. The lowest BCUT2D eigenvalue weighted by Crippen LogP contribution is -2.43. The highest BCUT2D eigenvalue weighted by atomic mass is 35.5. The molecule has 0 heterocycles. The second kappa shape index (κ2) is 10.5. The van der Waals surface area contributed by atoms with Crippen LogP contribution in [0.1, 0.15) is 53.0 Å². The molecular formula is C19H31ClN2O3. The zero-order chi connectivity index (χ0) is 18.9. The maximum Gasteiger partial charge on any atom is 0.258 e. The molecule has 1 aromatic carbocycles. The maximum absolute atomic E-state index is 12.0. The summed E-state index contributed by atoms with van der Waals surface area (Å²) in [6.45, 7) is 11.9. The van der Waals surface area contributed by atoms with Gasteiger partial charge in [-0.3, -0.25) is 4.79 Å². The molecule has 2 N–H and O–H groups in total. The summed E-state index contributed by atoms with van der Waals surface area (Å²) in [6, 6.07) is 3.76. The zero-order valence-electron chi connectivity index (χ0n) is 16.0. The van der Waals surface area contributed by atoms with E-state index in [1.165, 1.54) is 0 Å². The number of nitrogens with one attached hydrogen (secondary N) is 2. The molecule has 1 aromatic rings. The first kappa shape index (κ1) is 21.6. The standard InChI is InChI=1S/C19H31ClN2O3/c1-6-8-9-21-12-14-10-15(20)18(16(11-14)24-7-2)25-13-17(23)22-19(3,4)5/h10-11,21H,6-9,12-13H2,1-5H3,(H,22,23). The Hall–Kier alpha value is -1.46. The first-order valence-electron chi connectivity index (χ1n) is 8.86. The number of halogens is 1. The number of hydrogen-bond donors (Lipinski definition) is 2. The summed E-state index contributed by atoms with van der Waals surface area (Å²) in [5.41, 5.74) is 0.720. The number of amides is 1. The molecule has 6 heteroatoms. The fraction of sp³-hybridized carbons (Fsp3) is 0.632. The summed E-state index contributed by atoms with van der Waals surface area (Å²) in [4.78, 5) is 12.0. The van der Waals surface area contributed by atoms with Gasteiger partial charge in [-0.2, -0.15) is 0 Å². The molecule has 0 aliphatic carbocycles. The fourth-order valence-electron chi connectivity index (χ4n) is 2.25. The van der Waals surface area contributed by atoms with E-state index in [-0.39, 0.29) is 18.1 Å². The molecule has 0 spiro atoms. The minimum Gasteiger partial charge on any atom is -0.490 e. The largest absolute Gasteiger partial charge is 0.490 e. The van der Waals surface area contributed by atoms with E-state index in [1.807, 2.05) is 39.8 Å². The molecule has 0 aromatic heterocycles. The van der Waals surface area contributed by atoms with E-state index in [0.717, 1.165) is 24.9 Å². The first-order valence-corrected chi connectivity index (χ1v) is 9.24. The SMILES string of the molecule is CCCCNCc1cc(Cl)c(OCC(=O)NC(C)(C)C)c(OCC)c1. The third-order valence-electron chi connectivity index (χ3n) is 3.27. The van der Waals surface area contributed by atoms with Crippen LogP contribution in [0.3, 0.4) is 0 Å². The van der Waals surface area contributed by atoms with E-state index >= 15 is 0 Å². The number of benzene rings is 1. The summed E-state index contributed by atoms with van der Waals surface area (Å²) < 4.78 is 11.3. The number of carbonyl (C=O) groups is 1. The molecule has 0 saturated heterocycles. The van der Waals surface area contributed by atoms with E-state index in [4.69, 9.17) is 21.1 Å². The average molecular weight is 371 g/mol. The van der Waals surface area contributed by atoms with Crippen LogP contribution in [0.25, 0.3) is 0 Å². The minimum absolute atomic E-state index is 0.106. The number of ether oxygens (including phenoxy) is 2.